The summed E-state index contributed by atoms with van der Waals surface area (Å²) in [5.41, 5.74) is 3.25. The minimum Gasteiger partial charge on any atom is -0.490 e. The van der Waals surface area contributed by atoms with E-state index in [-0.39, 0.29) is 81.1 Å². The highest BCUT2D eigenvalue weighted by Gasteiger charge is 2.46. The molecular weight excluding hydrogens is 790 g/mol. The molecule has 0 unspecified atom stereocenters. The first-order chi connectivity index (χ1) is 28.4. The number of alkyl halides is 3. The van der Waals surface area contributed by atoms with E-state index in [4.69, 9.17) is 15.2 Å². The van der Waals surface area contributed by atoms with Crippen molar-refractivity contribution in [3.8, 4) is 29.0 Å². The van der Waals surface area contributed by atoms with Crippen molar-refractivity contribution in [2.75, 3.05) is 75.5 Å². The van der Waals surface area contributed by atoms with Crippen molar-refractivity contribution in [2.24, 2.45) is 0 Å². The summed E-state index contributed by atoms with van der Waals surface area (Å²) in [7, 11) is 1.50. The maximum atomic E-state index is 17.4. The summed E-state index contributed by atoms with van der Waals surface area (Å²) < 4.78 is 90.8. The minimum absolute atomic E-state index is 0.0242. The average molecular weight is 838 g/mol. The summed E-state index contributed by atoms with van der Waals surface area (Å²) in [6, 6.07) is 7.19. The lowest BCUT2D eigenvalue weighted by molar-refractivity contribution is -0.138. The number of anilines is 3. The molecule has 0 bridgehead atoms. The molecule has 6 heterocycles. The fraction of sp³-hybridized carbons (Fsp3) is 0.476. The van der Waals surface area contributed by atoms with Crippen LogP contribution in [-0.2, 0) is 12.7 Å². The fourth-order valence-electron chi connectivity index (χ4n) is 8.71. The minimum atomic E-state index is -5.17. The van der Waals surface area contributed by atoms with Gasteiger partial charge in [-0.2, -0.15) is 28.4 Å². The summed E-state index contributed by atoms with van der Waals surface area (Å²) in [5.74, 6) is -2.58. The number of ether oxygens (including phenoxy) is 2. The molecule has 0 spiro atoms. The van der Waals surface area contributed by atoms with Gasteiger partial charge in [-0.25, -0.2) is 13.8 Å². The van der Waals surface area contributed by atoms with Gasteiger partial charge in [-0.05, 0) is 82.5 Å². The van der Waals surface area contributed by atoms with Gasteiger partial charge < -0.3 is 30.3 Å². The third-order valence-electron chi connectivity index (χ3n) is 11.6. The Morgan fingerprint density at radius 1 is 1.07 bits per heavy atom. The average Bonchev–Trinajstić information content (AvgIpc) is 3.90. The molecule has 314 valence electrons. The summed E-state index contributed by atoms with van der Waals surface area (Å²) in [4.78, 5) is 19.7. The number of halogens is 5. The first kappa shape index (κ1) is 42.1. The molecule has 5 aromatic rings. The van der Waals surface area contributed by atoms with Crippen LogP contribution in [0.1, 0.15) is 69.6 Å². The number of nitrogens with two attached hydrogens (primary N) is 1. The number of nitrogens with one attached hydrogen (secondary N) is 1. The van der Waals surface area contributed by atoms with Crippen molar-refractivity contribution in [3.05, 3.63) is 58.8 Å². The highest BCUT2D eigenvalue weighted by atomic mass is 32.1. The van der Waals surface area contributed by atoms with E-state index >= 15 is 22.0 Å². The van der Waals surface area contributed by atoms with Gasteiger partial charge in [-0.15, -0.1) is 11.3 Å². The van der Waals surface area contributed by atoms with Gasteiger partial charge in [0.15, 0.2) is 5.82 Å². The van der Waals surface area contributed by atoms with Crippen LogP contribution in [-0.4, -0.2) is 89.8 Å². The molecule has 8 rings (SSSR count). The summed E-state index contributed by atoms with van der Waals surface area (Å²) in [5, 5.41) is 12.6. The highest BCUT2D eigenvalue weighted by molar-refractivity contribution is 7.23. The Morgan fingerprint density at radius 2 is 1.81 bits per heavy atom. The smallest absolute Gasteiger partial charge is 0.420 e. The Kier molecular flexibility index (Phi) is 12.3. The fourth-order valence-corrected chi connectivity index (χ4v) is 9.75. The first-order valence-corrected chi connectivity index (χ1v) is 20.9. The van der Waals surface area contributed by atoms with Gasteiger partial charge in [0, 0.05) is 36.3 Å². The quantitative estimate of drug-likeness (QED) is 0.124. The maximum absolute atomic E-state index is 17.4. The van der Waals surface area contributed by atoms with Gasteiger partial charge in [0.2, 0.25) is 0 Å². The number of hydrogen-bond donors (Lipinski definition) is 2. The zero-order chi connectivity index (χ0) is 42.1. The Labute approximate surface area is 343 Å². The topological polar surface area (TPSA) is 129 Å². The number of rotatable bonds is 11. The molecule has 0 aliphatic carbocycles. The van der Waals surface area contributed by atoms with Crippen molar-refractivity contribution in [1.82, 2.24) is 24.8 Å². The number of nitriles is 1. The Hall–Kier alpha value is -5.05. The molecule has 3 aromatic heterocycles. The van der Waals surface area contributed by atoms with Gasteiger partial charge in [-0.3, -0.25) is 4.90 Å². The van der Waals surface area contributed by atoms with Crippen LogP contribution in [0, 0.1) is 23.0 Å². The maximum Gasteiger partial charge on any atom is 0.420 e. The predicted octanol–water partition coefficient (Wildman–Crippen LogP) is 8.84. The van der Waals surface area contributed by atoms with Crippen LogP contribution in [0.2, 0.25) is 0 Å². The molecular formula is C42H48F5N9O2S. The zero-order valence-electron chi connectivity index (χ0n) is 33.6. The second-order valence-electron chi connectivity index (χ2n) is 15.0. The number of fused-ring (bicyclic) bond motifs is 2. The Bertz CT molecular complexity index is 2370. The van der Waals surface area contributed by atoms with E-state index in [1.165, 1.54) is 39.3 Å². The van der Waals surface area contributed by atoms with Crippen LogP contribution >= 0.6 is 11.3 Å². The molecule has 0 amide bonds. The largest absolute Gasteiger partial charge is 0.490 e. The molecule has 2 saturated heterocycles. The molecule has 3 N–H and O–H groups in total. The van der Waals surface area contributed by atoms with Crippen molar-refractivity contribution >= 4 is 49.0 Å². The number of pyridine rings is 1. The molecule has 0 saturated carbocycles. The molecule has 0 atom stereocenters. The first-order valence-electron chi connectivity index (χ1n) is 20.0. The number of nitrogen functional groups attached to an aromatic ring is 1. The SMILES string of the molecule is CCCN(CC)CC.CNc1sc2c(F)ccc(-c3c(C(F)(F)F)c4c5c(nc(OCC67CCCN6CCC7)nc5c3F)N(Cc3cccnc3N)CCO4)c2c1C#N. The van der Waals surface area contributed by atoms with Crippen molar-refractivity contribution in [2.45, 2.75) is 71.1 Å². The van der Waals surface area contributed by atoms with E-state index in [9.17, 15) is 5.26 Å². The van der Waals surface area contributed by atoms with Crippen molar-refractivity contribution < 1.29 is 31.4 Å². The molecule has 3 aliphatic rings. The lowest BCUT2D eigenvalue weighted by atomic mass is 9.91. The van der Waals surface area contributed by atoms with Crippen LogP contribution in [0.5, 0.6) is 11.8 Å². The lowest BCUT2D eigenvalue weighted by Crippen LogP contribution is -2.43. The van der Waals surface area contributed by atoms with Crippen molar-refractivity contribution in [1.29, 1.82) is 5.26 Å². The molecule has 59 heavy (non-hydrogen) atoms. The molecule has 0 radical (unpaired) electrons. The molecule has 11 nitrogen and oxygen atoms in total. The van der Waals surface area contributed by atoms with Gasteiger partial charge in [0.05, 0.1) is 27.7 Å². The van der Waals surface area contributed by atoms with Gasteiger partial charge >= 0.3 is 12.2 Å². The third kappa shape index (κ3) is 7.89. The molecule has 2 aromatic carbocycles. The van der Waals surface area contributed by atoms with Gasteiger partial charge in [0.1, 0.15) is 58.6 Å². The van der Waals surface area contributed by atoms with E-state index in [1.54, 1.807) is 17.0 Å². The number of nitrogens with zero attached hydrogens (tertiary/aromatic N) is 7. The van der Waals surface area contributed by atoms with E-state index in [0.717, 1.165) is 62.2 Å². The monoisotopic (exact) mass is 837 g/mol. The Morgan fingerprint density at radius 3 is 2.44 bits per heavy atom. The molecule has 17 heteroatoms. The van der Waals surface area contributed by atoms with Crippen LogP contribution in [0.4, 0.5) is 38.6 Å². The van der Waals surface area contributed by atoms with Crippen LogP contribution < -0.4 is 25.4 Å². The third-order valence-corrected chi connectivity index (χ3v) is 12.8. The Balaban J connectivity index is 0.000000600. The number of benzene rings is 2. The number of thiophene rings is 1. The van der Waals surface area contributed by atoms with Crippen LogP contribution in [0.25, 0.3) is 32.1 Å². The van der Waals surface area contributed by atoms with Crippen LogP contribution in [0.15, 0.2) is 30.5 Å². The molecule has 3 aliphatic heterocycles. The predicted molar refractivity (Wildman–Crippen MR) is 221 cm³/mol. The zero-order valence-corrected chi connectivity index (χ0v) is 34.4. The molecule has 2 fully saturated rings. The van der Waals surface area contributed by atoms with E-state index < -0.39 is 40.2 Å². The van der Waals surface area contributed by atoms with Gasteiger partial charge in [0.25, 0.3) is 0 Å². The van der Waals surface area contributed by atoms with Crippen LogP contribution in [0.3, 0.4) is 0 Å². The normalized spacial score (nSPS) is 16.1. The highest BCUT2D eigenvalue weighted by Crippen LogP contribution is 2.53. The number of aromatic nitrogens is 3. The van der Waals surface area contributed by atoms with E-state index in [1.807, 2.05) is 6.07 Å². The van der Waals surface area contributed by atoms with E-state index in [2.05, 4.69) is 50.8 Å². The second kappa shape index (κ2) is 17.3. The lowest BCUT2D eigenvalue weighted by Gasteiger charge is -2.31. The van der Waals surface area contributed by atoms with Crippen molar-refractivity contribution in [3.63, 3.8) is 0 Å². The number of hydrogen-bond acceptors (Lipinski definition) is 12. The van der Waals surface area contributed by atoms with E-state index in [0.29, 0.717) is 5.56 Å². The standard InChI is InChI=1S/C35H31F5N8O2S.C7H17N/c1-43-32-20(15-41)22-19(6-7-21(36)29(22)51-32)23-25(35(38,39)40)28-24-27(26(23)37)45-33(50-17-34-8-3-11-48(34)12-4-9-34)46-31(24)47(13-14-49-28)16-18-5-2-10-44-30(18)42;1-4-7-8(5-2)6-3/h2,5-7,10,43H,3-4,8-9,11-14,16-17H2,1H3,(H2,42,44);4-7H2,1-3H3. The summed E-state index contributed by atoms with van der Waals surface area (Å²) in [6.07, 6.45) is 1.44. The second-order valence-corrected chi connectivity index (χ2v) is 16.0. The van der Waals surface area contributed by atoms with Gasteiger partial charge in [-0.1, -0.05) is 32.9 Å². The summed E-state index contributed by atoms with van der Waals surface area (Å²) in [6.45, 7) is 12.3. The summed E-state index contributed by atoms with van der Waals surface area (Å²) >= 11 is 0.849.